The summed E-state index contributed by atoms with van der Waals surface area (Å²) in [4.78, 5) is 4.13. The van der Waals surface area contributed by atoms with Crippen LogP contribution in [0.2, 0.25) is 0 Å². The van der Waals surface area contributed by atoms with Gasteiger partial charge in [0.25, 0.3) is 0 Å². The van der Waals surface area contributed by atoms with Crippen LogP contribution < -0.4 is 0 Å². The normalized spacial score (nSPS) is 19.8. The summed E-state index contributed by atoms with van der Waals surface area (Å²) in [7, 11) is 0. The van der Waals surface area contributed by atoms with Crippen LogP contribution in [0.1, 0.15) is 43.2 Å². The van der Waals surface area contributed by atoms with E-state index in [0.717, 1.165) is 18.1 Å². The van der Waals surface area contributed by atoms with Crippen LogP contribution >= 0.6 is 11.6 Å². The quantitative estimate of drug-likeness (QED) is 0.698. The Bertz CT molecular complexity index is 278. The summed E-state index contributed by atoms with van der Waals surface area (Å²) in [6.45, 7) is 1.88. The summed E-state index contributed by atoms with van der Waals surface area (Å²) in [6.07, 6.45) is 6.90. The zero-order valence-electron chi connectivity index (χ0n) is 7.79. The first-order valence-electron chi connectivity index (χ1n) is 4.84. The number of nitrogens with zero attached hydrogens (tertiary/aromatic N) is 1. The fraction of sp³-hybridized carbons (Fsp3) is 0.700. The molecule has 1 heterocycles. The molecule has 0 spiro atoms. The minimum absolute atomic E-state index is 0.116. The van der Waals surface area contributed by atoms with Gasteiger partial charge in [-0.15, -0.1) is 11.6 Å². The van der Waals surface area contributed by atoms with Gasteiger partial charge in [-0.1, -0.05) is 19.3 Å². The molecule has 0 bridgehead atoms. The number of aromatic nitrogens is 1. The molecule has 0 radical (unpaired) electrons. The van der Waals surface area contributed by atoms with Crippen molar-refractivity contribution in [2.45, 2.75) is 38.0 Å². The molecule has 1 atom stereocenters. The van der Waals surface area contributed by atoms with Gasteiger partial charge >= 0.3 is 0 Å². The SMILES string of the molecule is CC(Cl)c1ncc(CC2CCC2)o1. The predicted octanol–water partition coefficient (Wildman–Crippen LogP) is 3.32. The maximum atomic E-state index is 5.84. The predicted molar refractivity (Wildman–Crippen MR) is 51.8 cm³/mol. The van der Waals surface area contributed by atoms with Crippen LogP contribution in [-0.2, 0) is 6.42 Å². The number of rotatable bonds is 3. The van der Waals surface area contributed by atoms with Gasteiger partial charge in [0.2, 0.25) is 5.89 Å². The molecular formula is C10H14ClNO. The van der Waals surface area contributed by atoms with E-state index in [1.165, 1.54) is 19.3 Å². The Labute approximate surface area is 83.3 Å². The van der Waals surface area contributed by atoms with Crippen LogP contribution in [0.4, 0.5) is 0 Å². The first kappa shape index (κ1) is 9.07. The van der Waals surface area contributed by atoms with Crippen molar-refractivity contribution >= 4 is 11.6 Å². The number of hydrogen-bond donors (Lipinski definition) is 0. The molecule has 1 saturated carbocycles. The summed E-state index contributed by atoms with van der Waals surface area (Å²) in [5, 5.41) is -0.116. The summed E-state index contributed by atoms with van der Waals surface area (Å²) in [5.74, 6) is 2.47. The third-order valence-corrected chi connectivity index (χ3v) is 2.81. The highest BCUT2D eigenvalue weighted by Crippen LogP contribution is 2.30. The van der Waals surface area contributed by atoms with Gasteiger partial charge in [-0.05, 0) is 12.8 Å². The van der Waals surface area contributed by atoms with Gasteiger partial charge in [-0.3, -0.25) is 0 Å². The fourth-order valence-electron chi connectivity index (χ4n) is 1.58. The second-order valence-corrected chi connectivity index (χ2v) is 4.44. The van der Waals surface area contributed by atoms with Crippen molar-refractivity contribution < 1.29 is 4.42 Å². The Morgan fingerprint density at radius 3 is 2.92 bits per heavy atom. The molecule has 3 heteroatoms. The summed E-state index contributed by atoms with van der Waals surface area (Å²) < 4.78 is 5.51. The maximum absolute atomic E-state index is 5.84. The van der Waals surface area contributed by atoms with Gasteiger partial charge < -0.3 is 4.42 Å². The summed E-state index contributed by atoms with van der Waals surface area (Å²) >= 11 is 5.84. The van der Waals surface area contributed by atoms with E-state index in [9.17, 15) is 0 Å². The Hall–Kier alpha value is -0.500. The molecule has 1 aromatic heterocycles. The topological polar surface area (TPSA) is 26.0 Å². The van der Waals surface area contributed by atoms with E-state index in [1.54, 1.807) is 0 Å². The van der Waals surface area contributed by atoms with E-state index in [1.807, 2.05) is 13.1 Å². The minimum Gasteiger partial charge on any atom is -0.444 e. The molecule has 13 heavy (non-hydrogen) atoms. The summed E-state index contributed by atoms with van der Waals surface area (Å²) in [6, 6.07) is 0. The van der Waals surface area contributed by atoms with E-state index < -0.39 is 0 Å². The molecule has 1 fully saturated rings. The van der Waals surface area contributed by atoms with Gasteiger partial charge in [0.1, 0.15) is 11.1 Å². The van der Waals surface area contributed by atoms with Gasteiger partial charge in [-0.25, -0.2) is 4.98 Å². The Balaban J connectivity index is 1.96. The standard InChI is InChI=1S/C10H14ClNO/c1-7(11)10-12-6-9(13-10)5-8-3-2-4-8/h6-8H,2-5H2,1H3. The van der Waals surface area contributed by atoms with Crippen molar-refractivity contribution in [1.29, 1.82) is 0 Å². The highest BCUT2D eigenvalue weighted by atomic mass is 35.5. The molecule has 0 aliphatic heterocycles. The molecule has 1 aliphatic rings. The van der Waals surface area contributed by atoms with E-state index in [2.05, 4.69) is 4.98 Å². The van der Waals surface area contributed by atoms with Crippen LogP contribution in [0.15, 0.2) is 10.6 Å². The Morgan fingerprint density at radius 1 is 1.69 bits per heavy atom. The number of hydrogen-bond acceptors (Lipinski definition) is 2. The van der Waals surface area contributed by atoms with Crippen molar-refractivity contribution in [3.63, 3.8) is 0 Å². The average Bonchev–Trinajstić information content (AvgIpc) is 2.44. The molecule has 1 aliphatic carbocycles. The van der Waals surface area contributed by atoms with Crippen LogP contribution in [0.25, 0.3) is 0 Å². The lowest BCUT2D eigenvalue weighted by molar-refractivity contribution is 0.291. The highest BCUT2D eigenvalue weighted by molar-refractivity contribution is 6.20. The third kappa shape index (κ3) is 2.05. The molecule has 1 aromatic rings. The van der Waals surface area contributed by atoms with E-state index in [-0.39, 0.29) is 5.38 Å². The van der Waals surface area contributed by atoms with Crippen LogP contribution in [0, 0.1) is 5.92 Å². The molecule has 1 unspecified atom stereocenters. The largest absolute Gasteiger partial charge is 0.444 e. The van der Waals surface area contributed by atoms with Crippen LogP contribution in [0.5, 0.6) is 0 Å². The van der Waals surface area contributed by atoms with Gasteiger partial charge in [0.05, 0.1) is 6.20 Å². The van der Waals surface area contributed by atoms with Crippen LogP contribution in [-0.4, -0.2) is 4.98 Å². The smallest absolute Gasteiger partial charge is 0.212 e. The Kier molecular flexibility index (Phi) is 2.58. The molecule has 0 aromatic carbocycles. The molecule has 2 rings (SSSR count). The van der Waals surface area contributed by atoms with E-state index >= 15 is 0 Å². The van der Waals surface area contributed by atoms with Crippen molar-refractivity contribution in [3.05, 3.63) is 17.8 Å². The monoisotopic (exact) mass is 199 g/mol. The van der Waals surface area contributed by atoms with Crippen molar-refractivity contribution in [2.75, 3.05) is 0 Å². The lowest BCUT2D eigenvalue weighted by atomic mass is 9.82. The van der Waals surface area contributed by atoms with Crippen molar-refractivity contribution in [1.82, 2.24) is 4.98 Å². The van der Waals surface area contributed by atoms with Crippen LogP contribution in [0.3, 0.4) is 0 Å². The van der Waals surface area contributed by atoms with Gasteiger partial charge in [-0.2, -0.15) is 0 Å². The van der Waals surface area contributed by atoms with E-state index in [0.29, 0.717) is 5.89 Å². The molecule has 0 saturated heterocycles. The number of halogens is 1. The average molecular weight is 200 g/mol. The number of oxazole rings is 1. The zero-order valence-corrected chi connectivity index (χ0v) is 8.55. The second-order valence-electron chi connectivity index (χ2n) is 3.78. The van der Waals surface area contributed by atoms with Crippen molar-refractivity contribution in [2.24, 2.45) is 5.92 Å². The van der Waals surface area contributed by atoms with E-state index in [4.69, 9.17) is 16.0 Å². The van der Waals surface area contributed by atoms with Crippen molar-refractivity contribution in [3.8, 4) is 0 Å². The maximum Gasteiger partial charge on any atom is 0.212 e. The number of alkyl halides is 1. The zero-order chi connectivity index (χ0) is 9.26. The lowest BCUT2D eigenvalue weighted by Crippen LogP contribution is -2.13. The summed E-state index contributed by atoms with van der Waals surface area (Å²) in [5.41, 5.74) is 0. The first-order chi connectivity index (χ1) is 6.25. The fourth-order valence-corrected chi connectivity index (χ4v) is 1.68. The minimum atomic E-state index is -0.116. The molecule has 2 nitrogen and oxygen atoms in total. The Morgan fingerprint density at radius 2 is 2.46 bits per heavy atom. The third-order valence-electron chi connectivity index (χ3n) is 2.63. The molecule has 0 N–H and O–H groups in total. The highest BCUT2D eigenvalue weighted by Gasteiger charge is 2.20. The molecule has 72 valence electrons. The molecular weight excluding hydrogens is 186 g/mol. The van der Waals surface area contributed by atoms with Gasteiger partial charge in [0.15, 0.2) is 0 Å². The molecule has 0 amide bonds. The van der Waals surface area contributed by atoms with Gasteiger partial charge in [0, 0.05) is 6.42 Å². The lowest BCUT2D eigenvalue weighted by Gasteiger charge is -2.23. The first-order valence-corrected chi connectivity index (χ1v) is 5.28. The second kappa shape index (κ2) is 3.70.